The molecule has 0 radical (unpaired) electrons. The minimum Gasteiger partial charge on any atom is -0.459 e. The number of benzene rings is 3. The molecular weight excluding hydrogens is 526 g/mol. The number of allylic oxidation sites excluding steroid dienone is 1. The lowest BCUT2D eigenvalue weighted by Crippen LogP contribution is -2.16. The van der Waals surface area contributed by atoms with Gasteiger partial charge in [-0.1, -0.05) is 95.5 Å². The quantitative estimate of drug-likeness (QED) is 0.315. The second-order valence-electron chi connectivity index (χ2n) is 13.6. The van der Waals surface area contributed by atoms with Crippen molar-refractivity contribution in [1.82, 2.24) is 0 Å². The Balaban J connectivity index is 0.000000278. The van der Waals surface area contributed by atoms with Crippen molar-refractivity contribution in [2.75, 3.05) is 0 Å². The summed E-state index contributed by atoms with van der Waals surface area (Å²) in [6.07, 6.45) is 6.09. The van der Waals surface area contributed by atoms with E-state index in [4.69, 9.17) is 10.5 Å². The molecule has 3 aromatic carbocycles. The van der Waals surface area contributed by atoms with Crippen LogP contribution >= 0.6 is 0 Å². The molecule has 5 rings (SSSR count). The van der Waals surface area contributed by atoms with Crippen LogP contribution in [0.2, 0.25) is 0 Å². The molecule has 3 heteroatoms. The minimum absolute atomic E-state index is 0.0825. The first-order valence-corrected chi connectivity index (χ1v) is 15.5. The molecule has 0 amide bonds. The SMILES string of the molecule is C=C(N)c1ccc(C)cc1.C=C1CCc2cc(C(=O)OC3CCCC3)cc(C)c2C(=C)c2c(C)cccc21.CC(C)(C)C. The van der Waals surface area contributed by atoms with E-state index in [1.165, 1.54) is 33.4 Å². The summed E-state index contributed by atoms with van der Waals surface area (Å²) in [5.74, 6) is -0.194. The normalized spacial score (nSPS) is 14.6. The van der Waals surface area contributed by atoms with Crippen molar-refractivity contribution < 1.29 is 9.53 Å². The largest absolute Gasteiger partial charge is 0.459 e. The second-order valence-corrected chi connectivity index (χ2v) is 13.6. The molecule has 0 atom stereocenters. The molecule has 0 saturated heterocycles. The summed E-state index contributed by atoms with van der Waals surface area (Å²) in [6.45, 7) is 27.4. The van der Waals surface area contributed by atoms with Crippen LogP contribution in [0.3, 0.4) is 0 Å². The van der Waals surface area contributed by atoms with Gasteiger partial charge < -0.3 is 10.5 Å². The van der Waals surface area contributed by atoms with Crippen molar-refractivity contribution in [1.29, 1.82) is 0 Å². The lowest BCUT2D eigenvalue weighted by molar-refractivity contribution is 0.0317. The number of hydrogen-bond acceptors (Lipinski definition) is 3. The Hall–Kier alpha value is -3.85. The average Bonchev–Trinajstić information content (AvgIpc) is 3.43. The number of ether oxygens (including phenoxy) is 1. The summed E-state index contributed by atoms with van der Waals surface area (Å²) in [4.78, 5) is 12.7. The Morgan fingerprint density at radius 2 is 1.44 bits per heavy atom. The lowest BCUT2D eigenvalue weighted by Gasteiger charge is -2.25. The van der Waals surface area contributed by atoms with Crippen LogP contribution in [0.5, 0.6) is 0 Å². The molecule has 0 unspecified atom stereocenters. The van der Waals surface area contributed by atoms with Gasteiger partial charge in [-0.25, -0.2) is 4.79 Å². The van der Waals surface area contributed by atoms with Crippen LogP contribution in [0, 0.1) is 26.2 Å². The molecule has 0 bridgehead atoms. The standard InChI is InChI=1S/C26H28O2.C9H11N.C5H12/c1-16-12-13-20-15-21(26(27)28-22-9-5-6-10-22)14-18(3)24(20)19(4)25-17(2)8-7-11-23(16)25;1-7-3-5-9(6-4-7)8(2)10;1-5(2,3)4/h7-8,11,14-15,22H,1,4-6,9-10,12-13H2,2-3H3;3-6H,2,10H2,1H3;1-4H3. The Morgan fingerprint density at radius 1 is 0.837 bits per heavy atom. The summed E-state index contributed by atoms with van der Waals surface area (Å²) in [5, 5.41) is 0. The maximum Gasteiger partial charge on any atom is 0.338 e. The van der Waals surface area contributed by atoms with E-state index in [0.717, 1.165) is 60.8 Å². The Labute approximate surface area is 260 Å². The number of hydrogen-bond donors (Lipinski definition) is 1. The molecule has 0 aromatic heterocycles. The van der Waals surface area contributed by atoms with Gasteiger partial charge in [-0.2, -0.15) is 0 Å². The molecule has 228 valence electrons. The van der Waals surface area contributed by atoms with Crippen molar-refractivity contribution in [2.45, 2.75) is 93.1 Å². The van der Waals surface area contributed by atoms with Gasteiger partial charge >= 0.3 is 5.97 Å². The first-order chi connectivity index (χ1) is 20.2. The third kappa shape index (κ3) is 9.58. The molecule has 2 N–H and O–H groups in total. The van der Waals surface area contributed by atoms with Crippen LogP contribution in [-0.4, -0.2) is 12.1 Å². The molecule has 1 saturated carbocycles. The fourth-order valence-corrected chi connectivity index (χ4v) is 5.51. The van der Waals surface area contributed by atoms with Gasteiger partial charge in [0, 0.05) is 5.70 Å². The topological polar surface area (TPSA) is 52.3 Å². The van der Waals surface area contributed by atoms with Crippen molar-refractivity contribution in [3.63, 3.8) is 0 Å². The van der Waals surface area contributed by atoms with E-state index in [9.17, 15) is 4.79 Å². The van der Waals surface area contributed by atoms with Crippen molar-refractivity contribution in [3.05, 3.63) is 124 Å². The summed E-state index contributed by atoms with van der Waals surface area (Å²) < 4.78 is 5.74. The molecule has 2 aliphatic carbocycles. The van der Waals surface area contributed by atoms with Crippen LogP contribution in [0.4, 0.5) is 0 Å². The number of fused-ring (bicyclic) bond motifs is 2. The van der Waals surface area contributed by atoms with Gasteiger partial charge in [0.2, 0.25) is 0 Å². The predicted molar refractivity (Wildman–Crippen MR) is 185 cm³/mol. The van der Waals surface area contributed by atoms with E-state index in [2.05, 4.69) is 79.5 Å². The Bertz CT molecular complexity index is 1470. The zero-order valence-corrected chi connectivity index (χ0v) is 27.5. The van der Waals surface area contributed by atoms with E-state index in [1.807, 2.05) is 43.3 Å². The van der Waals surface area contributed by atoms with Crippen molar-refractivity contribution in [2.24, 2.45) is 11.1 Å². The number of rotatable bonds is 3. The third-order valence-electron chi connectivity index (χ3n) is 7.60. The highest BCUT2D eigenvalue weighted by Crippen LogP contribution is 2.39. The van der Waals surface area contributed by atoms with Gasteiger partial charge in [0.05, 0.1) is 5.56 Å². The Kier molecular flexibility index (Phi) is 11.4. The molecule has 0 aliphatic heterocycles. The number of aryl methyl sites for hydroxylation is 4. The fourth-order valence-electron chi connectivity index (χ4n) is 5.51. The van der Waals surface area contributed by atoms with Crippen LogP contribution < -0.4 is 5.73 Å². The third-order valence-corrected chi connectivity index (χ3v) is 7.60. The molecule has 43 heavy (non-hydrogen) atoms. The molecule has 3 nitrogen and oxygen atoms in total. The number of carbonyl (C=O) groups is 1. The van der Waals surface area contributed by atoms with Gasteiger partial charge in [0.15, 0.2) is 0 Å². The molecular formula is C40H51NO2. The summed E-state index contributed by atoms with van der Waals surface area (Å²) >= 11 is 0. The van der Waals surface area contributed by atoms with Crippen LogP contribution in [0.25, 0.3) is 16.8 Å². The average molecular weight is 578 g/mol. The Morgan fingerprint density at radius 3 is 2.02 bits per heavy atom. The summed E-state index contributed by atoms with van der Waals surface area (Å²) in [5.41, 5.74) is 18.7. The van der Waals surface area contributed by atoms with Gasteiger partial charge in [-0.3, -0.25) is 0 Å². The van der Waals surface area contributed by atoms with Crippen LogP contribution in [0.1, 0.15) is 115 Å². The van der Waals surface area contributed by atoms with Crippen LogP contribution in [0.15, 0.2) is 74.3 Å². The van der Waals surface area contributed by atoms with Gasteiger partial charge in [0.1, 0.15) is 6.10 Å². The maximum atomic E-state index is 12.7. The highest BCUT2D eigenvalue weighted by atomic mass is 16.5. The zero-order valence-electron chi connectivity index (χ0n) is 27.5. The number of nitrogens with two attached hydrogens (primary N) is 1. The molecule has 0 spiro atoms. The van der Waals surface area contributed by atoms with E-state index in [0.29, 0.717) is 16.7 Å². The van der Waals surface area contributed by atoms with Gasteiger partial charge in [-0.05, 0) is 127 Å². The predicted octanol–water partition coefficient (Wildman–Crippen LogP) is 10.4. The van der Waals surface area contributed by atoms with E-state index in [-0.39, 0.29) is 12.1 Å². The zero-order chi connectivity index (χ0) is 31.9. The van der Waals surface area contributed by atoms with Gasteiger partial charge in [0.25, 0.3) is 0 Å². The maximum absolute atomic E-state index is 12.7. The summed E-state index contributed by atoms with van der Waals surface area (Å²) in [7, 11) is 0. The fraction of sp³-hybridized carbons (Fsp3) is 0.375. The highest BCUT2D eigenvalue weighted by molar-refractivity contribution is 5.94. The summed E-state index contributed by atoms with van der Waals surface area (Å²) in [6, 6.07) is 18.3. The minimum atomic E-state index is -0.194. The number of esters is 1. The molecule has 2 aliphatic rings. The molecule has 0 heterocycles. The van der Waals surface area contributed by atoms with E-state index < -0.39 is 0 Å². The van der Waals surface area contributed by atoms with Gasteiger partial charge in [-0.15, -0.1) is 0 Å². The lowest BCUT2D eigenvalue weighted by atomic mass is 9.80. The number of carbonyl (C=O) groups excluding carboxylic acids is 1. The highest BCUT2D eigenvalue weighted by Gasteiger charge is 2.24. The molecule has 3 aromatic rings. The first kappa shape index (κ1) is 33.6. The smallest absolute Gasteiger partial charge is 0.338 e. The molecule has 1 fully saturated rings. The van der Waals surface area contributed by atoms with E-state index in [1.54, 1.807) is 0 Å². The monoisotopic (exact) mass is 577 g/mol. The first-order valence-electron chi connectivity index (χ1n) is 15.5. The van der Waals surface area contributed by atoms with Crippen LogP contribution in [-0.2, 0) is 11.2 Å². The van der Waals surface area contributed by atoms with E-state index >= 15 is 0 Å². The van der Waals surface area contributed by atoms with Crippen molar-refractivity contribution in [3.8, 4) is 0 Å². The second kappa shape index (κ2) is 14.6. The van der Waals surface area contributed by atoms with Crippen molar-refractivity contribution >= 4 is 22.8 Å².